The number of para-hydroxylation sites is 1. The van der Waals surface area contributed by atoms with Crippen LogP contribution in [0.1, 0.15) is 35.1 Å². The molecule has 0 spiro atoms. The van der Waals surface area contributed by atoms with Crippen LogP contribution < -0.4 is 5.32 Å². The average Bonchev–Trinajstić information content (AvgIpc) is 3.52. The van der Waals surface area contributed by atoms with Gasteiger partial charge in [0.15, 0.2) is 0 Å². The predicted octanol–water partition coefficient (Wildman–Crippen LogP) is 6.95. The number of alkyl carbamates (subject to hydrolysis) is 1. The van der Waals surface area contributed by atoms with E-state index in [2.05, 4.69) is 10.3 Å². The van der Waals surface area contributed by atoms with Crippen LogP contribution in [-0.2, 0) is 38.8 Å². The van der Waals surface area contributed by atoms with Crippen LogP contribution in [0.3, 0.4) is 0 Å². The Bertz CT molecular complexity index is 1710. The summed E-state index contributed by atoms with van der Waals surface area (Å²) < 4.78 is 16.8. The zero-order chi connectivity index (χ0) is 32.1. The molecule has 9 heteroatoms. The lowest BCUT2D eigenvalue weighted by Crippen LogP contribution is -2.49. The Morgan fingerprint density at radius 2 is 1.28 bits per heavy atom. The van der Waals surface area contributed by atoms with Crippen LogP contribution in [0.25, 0.3) is 10.9 Å². The molecule has 5 aromatic rings. The number of ether oxygens (including phenoxy) is 3. The maximum Gasteiger partial charge on any atom is 0.410 e. The van der Waals surface area contributed by atoms with Crippen molar-refractivity contribution >= 4 is 29.1 Å². The van der Waals surface area contributed by atoms with Gasteiger partial charge in [-0.3, -0.25) is 0 Å². The van der Waals surface area contributed by atoms with E-state index in [9.17, 15) is 14.4 Å². The van der Waals surface area contributed by atoms with Crippen molar-refractivity contribution in [1.82, 2.24) is 15.2 Å². The molecule has 1 heterocycles. The van der Waals surface area contributed by atoms with Gasteiger partial charge in [-0.1, -0.05) is 109 Å². The number of H-pyrrole nitrogens is 1. The van der Waals surface area contributed by atoms with Gasteiger partial charge in [-0.2, -0.15) is 0 Å². The first-order chi connectivity index (χ1) is 22.5. The number of amides is 2. The molecule has 46 heavy (non-hydrogen) atoms. The van der Waals surface area contributed by atoms with E-state index in [0.29, 0.717) is 0 Å². The number of benzene rings is 4. The molecule has 0 bridgehead atoms. The summed E-state index contributed by atoms with van der Waals surface area (Å²) in [4.78, 5) is 45.4. The summed E-state index contributed by atoms with van der Waals surface area (Å²) in [6.07, 6.45) is 0.453. The summed E-state index contributed by atoms with van der Waals surface area (Å²) in [6, 6.07) is 34.7. The maximum atomic E-state index is 13.8. The van der Waals surface area contributed by atoms with Crippen LogP contribution in [0, 0.1) is 0 Å². The lowest BCUT2D eigenvalue weighted by Gasteiger charge is -2.31. The zero-order valence-corrected chi connectivity index (χ0v) is 25.6. The minimum atomic E-state index is -1.19. The van der Waals surface area contributed by atoms with Crippen LogP contribution in [0.15, 0.2) is 121 Å². The highest BCUT2D eigenvalue weighted by atomic mass is 16.6. The number of nitrogens with one attached hydrogen (secondary N) is 2. The first-order valence-electron chi connectivity index (χ1n) is 15.2. The average molecular weight is 620 g/mol. The van der Waals surface area contributed by atoms with E-state index in [4.69, 9.17) is 14.2 Å². The molecule has 0 fully saturated rings. The molecule has 0 aliphatic rings. The molecule has 0 radical (unpaired) electrons. The van der Waals surface area contributed by atoms with Gasteiger partial charge in [0.05, 0.1) is 6.61 Å². The fraction of sp³-hybridized carbons (Fsp3) is 0.216. The van der Waals surface area contributed by atoms with Gasteiger partial charge in [-0.15, -0.1) is 0 Å². The number of carbonyl (C=O) groups excluding carboxylic acids is 3. The molecule has 2 atom stereocenters. The summed E-state index contributed by atoms with van der Waals surface area (Å²) >= 11 is 0. The second-order valence-corrected chi connectivity index (χ2v) is 10.7. The van der Waals surface area contributed by atoms with Crippen molar-refractivity contribution < 1.29 is 28.6 Å². The molecule has 4 aromatic carbocycles. The van der Waals surface area contributed by atoms with Gasteiger partial charge in [0.25, 0.3) is 0 Å². The third-order valence-electron chi connectivity index (χ3n) is 7.55. The van der Waals surface area contributed by atoms with E-state index in [1.807, 2.05) is 115 Å². The minimum absolute atomic E-state index is 0.0198. The lowest BCUT2D eigenvalue weighted by molar-refractivity contribution is -0.146. The van der Waals surface area contributed by atoms with Crippen molar-refractivity contribution in [2.24, 2.45) is 0 Å². The van der Waals surface area contributed by atoms with Crippen LogP contribution in [0.5, 0.6) is 0 Å². The van der Waals surface area contributed by atoms with E-state index in [1.54, 1.807) is 18.0 Å². The number of fused-ring (bicyclic) bond motifs is 1. The van der Waals surface area contributed by atoms with Crippen LogP contribution in [0.4, 0.5) is 9.59 Å². The van der Waals surface area contributed by atoms with Crippen molar-refractivity contribution in [3.05, 3.63) is 144 Å². The molecule has 0 saturated carbocycles. The highest BCUT2D eigenvalue weighted by Crippen LogP contribution is 2.31. The topological polar surface area (TPSA) is 110 Å². The number of rotatable bonds is 13. The maximum absolute atomic E-state index is 13.8. The van der Waals surface area contributed by atoms with Crippen molar-refractivity contribution in [1.29, 1.82) is 0 Å². The summed E-state index contributed by atoms with van der Waals surface area (Å²) in [5.41, 5.74) is 4.09. The molecular formula is C37H37N3O6. The Labute approximate surface area is 268 Å². The molecule has 0 aliphatic heterocycles. The Morgan fingerprint density at radius 3 is 1.91 bits per heavy atom. The third kappa shape index (κ3) is 8.53. The largest absolute Gasteiger partial charge is 0.464 e. The number of aromatic nitrogens is 1. The first kappa shape index (κ1) is 31.8. The van der Waals surface area contributed by atoms with Crippen LogP contribution in [0.2, 0.25) is 0 Å². The Morgan fingerprint density at radius 1 is 0.717 bits per heavy atom. The van der Waals surface area contributed by atoms with E-state index in [1.165, 1.54) is 0 Å². The number of aromatic amines is 1. The highest BCUT2D eigenvalue weighted by Gasteiger charge is 2.37. The summed E-state index contributed by atoms with van der Waals surface area (Å²) in [5, 5.41) is 3.61. The van der Waals surface area contributed by atoms with E-state index >= 15 is 0 Å². The highest BCUT2D eigenvalue weighted by molar-refractivity contribution is 5.87. The molecule has 2 unspecified atom stereocenters. The Balaban J connectivity index is 1.48. The third-order valence-corrected chi connectivity index (χ3v) is 7.55. The molecule has 2 N–H and O–H groups in total. The molecule has 236 valence electrons. The van der Waals surface area contributed by atoms with E-state index < -0.39 is 30.1 Å². The Kier molecular flexibility index (Phi) is 11.0. The van der Waals surface area contributed by atoms with Gasteiger partial charge in [0, 0.05) is 36.1 Å². The smallest absolute Gasteiger partial charge is 0.410 e. The minimum Gasteiger partial charge on any atom is -0.464 e. The van der Waals surface area contributed by atoms with Crippen molar-refractivity contribution in [2.75, 3.05) is 13.2 Å². The van der Waals surface area contributed by atoms with Crippen LogP contribution >= 0.6 is 0 Å². The van der Waals surface area contributed by atoms with Gasteiger partial charge < -0.3 is 29.4 Å². The van der Waals surface area contributed by atoms with Crippen molar-refractivity contribution in [2.45, 2.75) is 38.6 Å². The summed E-state index contributed by atoms with van der Waals surface area (Å²) in [6.45, 7) is 2.13. The van der Waals surface area contributed by atoms with Gasteiger partial charge >= 0.3 is 18.2 Å². The van der Waals surface area contributed by atoms with E-state index in [0.717, 1.165) is 33.2 Å². The van der Waals surface area contributed by atoms with Crippen LogP contribution in [-0.4, -0.2) is 47.2 Å². The fourth-order valence-corrected chi connectivity index (χ4v) is 5.29. The molecule has 5 rings (SSSR count). The second-order valence-electron chi connectivity index (χ2n) is 10.7. The molecule has 0 aliphatic carbocycles. The number of hydrogen-bond donors (Lipinski definition) is 2. The summed E-state index contributed by atoms with van der Waals surface area (Å²) in [7, 11) is 0. The molecule has 0 saturated heterocycles. The summed E-state index contributed by atoms with van der Waals surface area (Å²) in [5.74, 6) is -1.39. The fourth-order valence-electron chi connectivity index (χ4n) is 5.29. The molecular weight excluding hydrogens is 582 g/mol. The monoisotopic (exact) mass is 619 g/mol. The van der Waals surface area contributed by atoms with Gasteiger partial charge in [0.2, 0.25) is 0 Å². The first-order valence-corrected chi connectivity index (χ1v) is 15.2. The zero-order valence-electron chi connectivity index (χ0n) is 25.6. The van der Waals surface area contributed by atoms with Gasteiger partial charge in [-0.25, -0.2) is 14.4 Å². The number of nitrogens with zero attached hydrogens (tertiary/aromatic N) is 1. The normalized spacial score (nSPS) is 12.1. The number of carbonyl (C=O) groups is 3. The number of hydrogen-bond acceptors (Lipinski definition) is 6. The standard InChI is InChI=1S/C37H37N3O6/c1-2-44-35(41)34(39-36(42)45-25-28-16-8-4-9-17-28)32(31-22-38-33-21-13-12-20-30(31)33)24-40(23-27-14-6-3-7-15-27)37(43)46-26-29-18-10-5-11-19-29/h3-22,32,34,38H,2,23-26H2,1H3,(H,39,42). The van der Waals surface area contributed by atoms with Gasteiger partial charge in [-0.05, 0) is 35.2 Å². The Hall–Kier alpha value is -5.57. The lowest BCUT2D eigenvalue weighted by atomic mass is 9.90. The second kappa shape index (κ2) is 15.9. The molecule has 2 amide bonds. The SMILES string of the molecule is CCOC(=O)C(NC(=O)OCc1ccccc1)C(CN(Cc1ccccc1)C(=O)OCc1ccccc1)c1c[nH]c2ccccc12. The van der Waals surface area contributed by atoms with Crippen molar-refractivity contribution in [3.8, 4) is 0 Å². The van der Waals surface area contributed by atoms with E-state index in [-0.39, 0.29) is 32.9 Å². The predicted molar refractivity (Wildman–Crippen MR) is 175 cm³/mol. The quantitative estimate of drug-likeness (QED) is 0.109. The van der Waals surface area contributed by atoms with Gasteiger partial charge in [0.1, 0.15) is 19.3 Å². The molecule has 9 nitrogen and oxygen atoms in total. The molecule has 1 aromatic heterocycles. The number of esters is 1. The van der Waals surface area contributed by atoms with Crippen molar-refractivity contribution in [3.63, 3.8) is 0 Å².